The van der Waals surface area contributed by atoms with Gasteiger partial charge in [0.05, 0.1) is 12.8 Å². The van der Waals surface area contributed by atoms with Gasteiger partial charge in [-0.2, -0.15) is 0 Å². The Kier molecular flexibility index (Phi) is 9.24. The topological polar surface area (TPSA) is 62.3 Å². The van der Waals surface area contributed by atoms with Crippen LogP contribution in [0.15, 0.2) is 60.7 Å². The summed E-state index contributed by atoms with van der Waals surface area (Å²) in [5.74, 6) is -0.227. The van der Waals surface area contributed by atoms with Crippen molar-refractivity contribution in [3.63, 3.8) is 0 Å². The Balaban J connectivity index is 1.28. The Bertz CT molecular complexity index is 1320. The first-order valence-electron chi connectivity index (χ1n) is 14.8. The number of hydrogen-bond acceptors (Lipinski definition) is 6. The summed E-state index contributed by atoms with van der Waals surface area (Å²) in [6.45, 7) is 7.50. The summed E-state index contributed by atoms with van der Waals surface area (Å²) in [7, 11) is 4.09. The van der Waals surface area contributed by atoms with E-state index in [9.17, 15) is 14.3 Å². The third-order valence-electron chi connectivity index (χ3n) is 8.70. The van der Waals surface area contributed by atoms with Crippen molar-refractivity contribution in [3.8, 4) is 0 Å². The van der Waals surface area contributed by atoms with Gasteiger partial charge in [-0.1, -0.05) is 36.4 Å². The third kappa shape index (κ3) is 6.56. The van der Waals surface area contributed by atoms with Gasteiger partial charge in [-0.15, -0.1) is 0 Å². The van der Waals surface area contributed by atoms with Gasteiger partial charge in [0.15, 0.2) is 0 Å². The fraction of sp³-hybridized carbons (Fsp3) is 0.485. The Morgan fingerprint density at radius 2 is 1.76 bits per heavy atom. The largest absolute Gasteiger partial charge is 0.390 e. The van der Waals surface area contributed by atoms with Crippen molar-refractivity contribution in [2.24, 2.45) is 0 Å². The van der Waals surface area contributed by atoms with Gasteiger partial charge in [0.1, 0.15) is 11.4 Å². The number of aliphatic hydroxyl groups excluding tert-OH is 1. The average molecular weight is 562 g/mol. The lowest BCUT2D eigenvalue weighted by Gasteiger charge is -2.43. The second kappa shape index (κ2) is 12.9. The number of β-amino-alcohol motifs (C(OH)–C–C–N with tert-alkyl or cyclic N) is 1. The first-order valence-corrected chi connectivity index (χ1v) is 14.8. The number of halogens is 1. The Morgan fingerprint density at radius 3 is 2.46 bits per heavy atom. The van der Waals surface area contributed by atoms with Crippen LogP contribution in [0.25, 0.3) is 10.8 Å². The van der Waals surface area contributed by atoms with E-state index in [4.69, 9.17) is 0 Å². The second-order valence-electron chi connectivity index (χ2n) is 12.0. The molecule has 1 spiro atoms. The van der Waals surface area contributed by atoms with Gasteiger partial charge in [-0.25, -0.2) is 4.39 Å². The van der Waals surface area contributed by atoms with E-state index in [1.165, 1.54) is 34.0 Å². The van der Waals surface area contributed by atoms with Crippen molar-refractivity contribution in [2.75, 3.05) is 64.9 Å². The molecule has 3 aromatic carbocycles. The molecule has 7 nitrogen and oxygen atoms in total. The Labute approximate surface area is 243 Å². The smallest absolute Gasteiger partial charge is 0.250 e. The van der Waals surface area contributed by atoms with Gasteiger partial charge >= 0.3 is 0 Å². The van der Waals surface area contributed by atoms with Crippen LogP contribution in [-0.2, 0) is 11.3 Å². The number of nitrogens with zero attached hydrogens (tertiary/aromatic N) is 4. The number of aryl methyl sites for hydroxylation is 1. The lowest BCUT2D eigenvalue weighted by atomic mass is 9.85. The molecule has 2 aliphatic rings. The molecule has 0 saturated carbocycles. The average Bonchev–Trinajstić information content (AvgIpc) is 3.20. The monoisotopic (exact) mass is 561 g/mol. The number of benzene rings is 3. The number of amides is 1. The molecule has 220 valence electrons. The van der Waals surface area contributed by atoms with Crippen LogP contribution >= 0.6 is 0 Å². The molecule has 2 aliphatic heterocycles. The number of rotatable bonds is 11. The Morgan fingerprint density at radius 1 is 1.05 bits per heavy atom. The lowest BCUT2D eigenvalue weighted by Crippen LogP contribution is -2.56. The van der Waals surface area contributed by atoms with E-state index < -0.39 is 11.6 Å². The van der Waals surface area contributed by atoms with E-state index >= 15 is 0 Å². The molecule has 3 aromatic rings. The van der Waals surface area contributed by atoms with E-state index in [0.29, 0.717) is 26.1 Å². The highest BCUT2D eigenvalue weighted by molar-refractivity contribution is 5.93. The zero-order chi connectivity index (χ0) is 29.0. The van der Waals surface area contributed by atoms with Gasteiger partial charge in [-0.3, -0.25) is 9.69 Å². The van der Waals surface area contributed by atoms with Gasteiger partial charge in [0.2, 0.25) is 5.91 Å². The minimum absolute atomic E-state index is 0.0640. The van der Waals surface area contributed by atoms with Crippen molar-refractivity contribution < 1.29 is 14.3 Å². The van der Waals surface area contributed by atoms with Crippen LogP contribution in [0.5, 0.6) is 0 Å². The zero-order valence-electron chi connectivity index (χ0n) is 24.7. The number of carbonyl (C=O) groups is 1. The molecule has 8 heteroatoms. The highest BCUT2D eigenvalue weighted by Crippen LogP contribution is 2.40. The number of carbonyl (C=O) groups excluding carboxylic acids is 1. The van der Waals surface area contributed by atoms with Gasteiger partial charge < -0.3 is 25.1 Å². The number of fused-ring (bicyclic) bond motifs is 1. The molecule has 2 heterocycles. The number of nitrogens with one attached hydrogen (secondary N) is 1. The van der Waals surface area contributed by atoms with Crippen molar-refractivity contribution >= 4 is 22.4 Å². The fourth-order valence-corrected chi connectivity index (χ4v) is 6.54. The number of aliphatic hydroxyl groups is 1. The van der Waals surface area contributed by atoms with E-state index in [-0.39, 0.29) is 18.3 Å². The maximum atomic E-state index is 14.1. The third-order valence-corrected chi connectivity index (χ3v) is 8.70. The highest BCUT2D eigenvalue weighted by atomic mass is 19.1. The van der Waals surface area contributed by atoms with E-state index in [2.05, 4.69) is 63.3 Å². The van der Waals surface area contributed by atoms with Crippen LogP contribution < -0.4 is 10.2 Å². The predicted molar refractivity (Wildman–Crippen MR) is 163 cm³/mol. The lowest BCUT2D eigenvalue weighted by molar-refractivity contribution is -0.134. The minimum atomic E-state index is -0.693. The summed E-state index contributed by atoms with van der Waals surface area (Å²) in [4.78, 5) is 22.6. The van der Waals surface area contributed by atoms with Crippen LogP contribution in [0.3, 0.4) is 0 Å². The maximum Gasteiger partial charge on any atom is 0.250 e. The first-order chi connectivity index (χ1) is 19.8. The van der Waals surface area contributed by atoms with Crippen LogP contribution in [-0.4, -0.2) is 97.4 Å². The molecular weight excluding hydrogens is 517 g/mol. The van der Waals surface area contributed by atoms with E-state index in [1.54, 1.807) is 17.0 Å². The molecule has 0 bridgehead atoms. The van der Waals surface area contributed by atoms with Crippen molar-refractivity contribution in [1.82, 2.24) is 20.0 Å². The highest BCUT2D eigenvalue weighted by Gasteiger charge is 2.53. The normalized spacial score (nSPS) is 18.2. The standard InChI is InChI=1S/C33H44FN5O2/c1-25-7-4-8-26-9-5-10-27(31(25)26)22-37-19-15-33(16-20-37)32(41)38(23-30(40)21-35-17-6-18-36(2)3)24-39(33)29-13-11-28(34)12-14-29/h4-5,7-14,30,35,40H,6,15-24H2,1-3H3/t30-/m1/s1. The summed E-state index contributed by atoms with van der Waals surface area (Å²) in [6, 6.07) is 19.4. The SMILES string of the molecule is Cc1cccc2cccc(CN3CCC4(CC3)C(=O)N(C[C@H](O)CNCCCN(C)C)CN4c3ccc(F)cc3)c12. The van der Waals surface area contributed by atoms with Crippen LogP contribution in [0, 0.1) is 12.7 Å². The molecular formula is C33H44FN5O2. The predicted octanol–water partition coefficient (Wildman–Crippen LogP) is 3.83. The van der Waals surface area contributed by atoms with Crippen LogP contribution in [0.4, 0.5) is 10.1 Å². The first kappa shape index (κ1) is 29.5. The molecule has 2 fully saturated rings. The molecule has 0 aromatic heterocycles. The number of likely N-dealkylation sites (tertiary alicyclic amines) is 1. The molecule has 0 radical (unpaired) electrons. The minimum Gasteiger partial charge on any atom is -0.390 e. The molecule has 0 unspecified atom stereocenters. The quantitative estimate of drug-likeness (QED) is 0.347. The van der Waals surface area contributed by atoms with Crippen molar-refractivity contribution in [2.45, 2.75) is 44.4 Å². The molecule has 0 aliphatic carbocycles. The molecule has 1 atom stereocenters. The summed E-state index contributed by atoms with van der Waals surface area (Å²) in [6.07, 6.45) is 1.71. The van der Waals surface area contributed by atoms with Gasteiger partial charge in [-0.05, 0) is 99.5 Å². The van der Waals surface area contributed by atoms with Gasteiger partial charge in [0, 0.05) is 38.4 Å². The van der Waals surface area contributed by atoms with Crippen molar-refractivity contribution in [3.05, 3.63) is 77.6 Å². The summed E-state index contributed by atoms with van der Waals surface area (Å²) < 4.78 is 13.8. The van der Waals surface area contributed by atoms with Crippen molar-refractivity contribution in [1.29, 1.82) is 0 Å². The Hall–Kier alpha value is -3.04. The van der Waals surface area contributed by atoms with Gasteiger partial charge in [0.25, 0.3) is 0 Å². The summed E-state index contributed by atoms with van der Waals surface area (Å²) >= 11 is 0. The second-order valence-corrected chi connectivity index (χ2v) is 12.0. The summed E-state index contributed by atoms with van der Waals surface area (Å²) in [5, 5.41) is 16.7. The van der Waals surface area contributed by atoms with Crippen LogP contribution in [0.2, 0.25) is 0 Å². The summed E-state index contributed by atoms with van der Waals surface area (Å²) in [5.41, 5.74) is 2.74. The maximum absolute atomic E-state index is 14.1. The number of piperidine rings is 1. The van der Waals surface area contributed by atoms with E-state index in [1.807, 2.05) is 14.1 Å². The molecule has 41 heavy (non-hydrogen) atoms. The molecule has 2 saturated heterocycles. The molecule has 5 rings (SSSR count). The number of anilines is 1. The van der Waals surface area contributed by atoms with E-state index in [0.717, 1.165) is 44.8 Å². The van der Waals surface area contributed by atoms with Crippen LogP contribution in [0.1, 0.15) is 30.4 Å². The fourth-order valence-electron chi connectivity index (χ4n) is 6.54. The molecule has 1 amide bonds. The zero-order valence-corrected chi connectivity index (χ0v) is 24.7. The molecule has 2 N–H and O–H groups in total. The number of hydrogen-bond donors (Lipinski definition) is 2.